The van der Waals surface area contributed by atoms with Crippen molar-refractivity contribution >= 4 is 23.2 Å². The van der Waals surface area contributed by atoms with E-state index in [2.05, 4.69) is 22.4 Å². The van der Waals surface area contributed by atoms with Crippen LogP contribution in [0.5, 0.6) is 5.75 Å². The molecule has 0 radical (unpaired) electrons. The molecule has 2 aromatic rings. The maximum atomic E-state index is 13.0. The molecule has 0 saturated carbocycles. The number of nitrogens with one attached hydrogen (secondary N) is 1. The highest BCUT2D eigenvalue weighted by atomic mass is 16.5. The molecule has 0 bridgehead atoms. The topological polar surface area (TPSA) is 87.7 Å². The molecule has 0 unspecified atom stereocenters. The van der Waals surface area contributed by atoms with Crippen molar-refractivity contribution in [2.75, 3.05) is 31.1 Å². The van der Waals surface area contributed by atoms with Gasteiger partial charge in [0.2, 0.25) is 11.8 Å². The monoisotopic (exact) mass is 409 g/mol. The molecule has 1 N–H and O–H groups in total. The summed E-state index contributed by atoms with van der Waals surface area (Å²) in [5, 5.41) is 10.9. The van der Waals surface area contributed by atoms with Crippen molar-refractivity contribution in [1.82, 2.24) is 20.4 Å². The van der Waals surface area contributed by atoms with Gasteiger partial charge in [-0.05, 0) is 36.8 Å². The van der Waals surface area contributed by atoms with Crippen molar-refractivity contribution in [1.29, 1.82) is 0 Å². The Kier molecular flexibility index (Phi) is 6.23. The zero-order chi connectivity index (χ0) is 20.9. The minimum absolute atomic E-state index is 0.0182. The lowest BCUT2D eigenvalue weighted by Gasteiger charge is -2.39. The molecule has 0 atom stereocenters. The molecule has 0 spiro atoms. The van der Waals surface area contributed by atoms with Crippen LogP contribution in [0.4, 0.5) is 11.4 Å². The second-order valence-corrected chi connectivity index (χ2v) is 7.77. The highest BCUT2D eigenvalue weighted by molar-refractivity contribution is 6.02. The molecule has 1 aromatic carbocycles. The van der Waals surface area contributed by atoms with Gasteiger partial charge in [-0.25, -0.2) is 0 Å². The number of carbonyl (C=O) groups is 2. The van der Waals surface area contributed by atoms with E-state index in [1.807, 2.05) is 29.2 Å². The molecular weight excluding hydrogens is 382 g/mol. The lowest BCUT2D eigenvalue weighted by molar-refractivity contribution is -0.140. The molecule has 4 rings (SSSR count). The van der Waals surface area contributed by atoms with E-state index in [4.69, 9.17) is 4.74 Å². The Morgan fingerprint density at radius 2 is 1.90 bits per heavy atom. The van der Waals surface area contributed by atoms with Crippen molar-refractivity contribution < 1.29 is 14.3 Å². The molecule has 2 saturated heterocycles. The van der Waals surface area contributed by atoms with Crippen LogP contribution in [0.15, 0.2) is 42.7 Å². The summed E-state index contributed by atoms with van der Waals surface area (Å²) in [6.07, 6.45) is 5.76. The maximum absolute atomic E-state index is 13.0. The van der Waals surface area contributed by atoms with Gasteiger partial charge >= 0.3 is 0 Å². The van der Waals surface area contributed by atoms with Crippen LogP contribution in [0.2, 0.25) is 0 Å². The summed E-state index contributed by atoms with van der Waals surface area (Å²) in [5.74, 6) is 0.934. The third kappa shape index (κ3) is 4.43. The van der Waals surface area contributed by atoms with Crippen LogP contribution < -0.4 is 15.0 Å². The second kappa shape index (κ2) is 9.21. The zero-order valence-corrected chi connectivity index (χ0v) is 17.2. The third-order valence-corrected chi connectivity index (χ3v) is 5.52. The van der Waals surface area contributed by atoms with Crippen molar-refractivity contribution in [3.63, 3.8) is 0 Å². The maximum Gasteiger partial charge on any atom is 0.237 e. The Morgan fingerprint density at radius 1 is 1.13 bits per heavy atom. The lowest BCUT2D eigenvalue weighted by Crippen LogP contribution is -2.56. The number of amides is 2. The summed E-state index contributed by atoms with van der Waals surface area (Å²) in [7, 11) is 0. The number of likely N-dealkylation sites (tertiary alicyclic amines) is 1. The zero-order valence-electron chi connectivity index (χ0n) is 17.2. The molecule has 2 amide bonds. The van der Waals surface area contributed by atoms with Gasteiger partial charge in [0, 0.05) is 25.2 Å². The number of unbranched alkanes of at least 4 members (excludes halogenated alkanes) is 1. The predicted molar refractivity (Wildman–Crippen MR) is 113 cm³/mol. The minimum atomic E-state index is -0.0414. The van der Waals surface area contributed by atoms with Crippen molar-refractivity contribution in [3.8, 4) is 5.75 Å². The van der Waals surface area contributed by atoms with E-state index < -0.39 is 0 Å². The van der Waals surface area contributed by atoms with Crippen molar-refractivity contribution in [3.05, 3.63) is 42.7 Å². The summed E-state index contributed by atoms with van der Waals surface area (Å²) < 4.78 is 5.99. The summed E-state index contributed by atoms with van der Waals surface area (Å²) in [6, 6.07) is 9.26. The van der Waals surface area contributed by atoms with E-state index in [0.717, 1.165) is 24.3 Å². The first kappa shape index (κ1) is 20.3. The molecule has 158 valence electrons. The van der Waals surface area contributed by atoms with Gasteiger partial charge < -0.3 is 15.0 Å². The highest BCUT2D eigenvalue weighted by Crippen LogP contribution is 2.30. The molecule has 3 heterocycles. The van der Waals surface area contributed by atoms with Crippen molar-refractivity contribution in [2.45, 2.75) is 32.3 Å². The Bertz CT molecular complexity index is 864. The van der Waals surface area contributed by atoms with Crippen LogP contribution in [0.25, 0.3) is 0 Å². The van der Waals surface area contributed by atoms with Crippen molar-refractivity contribution in [2.24, 2.45) is 5.92 Å². The van der Waals surface area contributed by atoms with Gasteiger partial charge in [-0.2, -0.15) is 10.2 Å². The second-order valence-electron chi connectivity index (χ2n) is 7.77. The van der Waals surface area contributed by atoms with E-state index in [0.29, 0.717) is 38.3 Å². The van der Waals surface area contributed by atoms with E-state index in [1.165, 1.54) is 0 Å². The number of ether oxygens (including phenoxy) is 1. The van der Waals surface area contributed by atoms with E-state index in [1.54, 1.807) is 23.4 Å². The normalized spacial score (nSPS) is 16.5. The average molecular weight is 409 g/mol. The first-order chi connectivity index (χ1) is 14.7. The van der Waals surface area contributed by atoms with Crippen LogP contribution in [-0.2, 0) is 9.59 Å². The fraction of sp³-hybridized carbons (Fsp3) is 0.455. The summed E-state index contributed by atoms with van der Waals surface area (Å²) >= 11 is 0. The molecule has 1 aromatic heterocycles. The number of carbonyl (C=O) groups excluding carboxylic acids is 2. The Labute approximate surface area is 176 Å². The summed E-state index contributed by atoms with van der Waals surface area (Å²) in [5.41, 5.74) is 1.45. The van der Waals surface area contributed by atoms with Gasteiger partial charge in [0.05, 0.1) is 37.1 Å². The molecule has 8 heteroatoms. The quantitative estimate of drug-likeness (QED) is 0.719. The number of anilines is 2. The number of hydrogen-bond donors (Lipinski definition) is 1. The Morgan fingerprint density at radius 3 is 2.50 bits per heavy atom. The van der Waals surface area contributed by atoms with Gasteiger partial charge in [0.1, 0.15) is 11.9 Å². The SMILES string of the molecule is CCCCC(=O)N1CC(Oc2ccc(N(C(=O)C3CNC3)c3ccnnc3)cc2)C1. The first-order valence-corrected chi connectivity index (χ1v) is 10.5. The van der Waals surface area contributed by atoms with Gasteiger partial charge in [0.15, 0.2) is 0 Å². The molecule has 30 heavy (non-hydrogen) atoms. The van der Waals surface area contributed by atoms with Gasteiger partial charge in [-0.1, -0.05) is 13.3 Å². The van der Waals surface area contributed by atoms with Crippen LogP contribution in [0.1, 0.15) is 26.2 Å². The number of nitrogens with zero attached hydrogens (tertiary/aromatic N) is 4. The fourth-order valence-corrected chi connectivity index (χ4v) is 3.53. The molecule has 2 fully saturated rings. The number of hydrogen-bond acceptors (Lipinski definition) is 6. The van der Waals surface area contributed by atoms with Crippen LogP contribution in [0, 0.1) is 5.92 Å². The van der Waals surface area contributed by atoms with Gasteiger partial charge in [-0.15, -0.1) is 0 Å². The van der Waals surface area contributed by atoms with E-state index >= 15 is 0 Å². The summed E-state index contributed by atoms with van der Waals surface area (Å²) in [6.45, 7) is 4.72. The molecule has 0 aliphatic carbocycles. The standard InChI is InChI=1S/C22H27N5O3/c1-2-3-4-21(28)26-14-20(15-26)30-19-7-5-17(6-8-19)27(18-9-10-24-25-13-18)22(29)16-11-23-12-16/h5-10,13,16,20,23H,2-4,11-12,14-15H2,1H3. The molecular formula is C22H27N5O3. The van der Waals surface area contributed by atoms with Gasteiger partial charge in [0.25, 0.3) is 0 Å². The fourth-order valence-electron chi connectivity index (χ4n) is 3.53. The van der Waals surface area contributed by atoms with E-state index in [9.17, 15) is 9.59 Å². The number of rotatable bonds is 8. The molecule has 8 nitrogen and oxygen atoms in total. The first-order valence-electron chi connectivity index (χ1n) is 10.5. The predicted octanol–water partition coefficient (Wildman–Crippen LogP) is 2.14. The third-order valence-electron chi connectivity index (χ3n) is 5.52. The number of aromatic nitrogens is 2. The largest absolute Gasteiger partial charge is 0.487 e. The molecule has 2 aliphatic rings. The van der Waals surface area contributed by atoms with Gasteiger partial charge in [-0.3, -0.25) is 14.5 Å². The Hall–Kier alpha value is -3.00. The number of benzene rings is 1. The van der Waals surface area contributed by atoms with E-state index in [-0.39, 0.29) is 23.8 Å². The van der Waals surface area contributed by atoms with Crippen LogP contribution in [0.3, 0.4) is 0 Å². The average Bonchev–Trinajstić information content (AvgIpc) is 2.69. The highest BCUT2D eigenvalue weighted by Gasteiger charge is 2.33. The smallest absolute Gasteiger partial charge is 0.237 e. The minimum Gasteiger partial charge on any atom is -0.487 e. The Balaban J connectivity index is 1.39. The lowest BCUT2D eigenvalue weighted by atomic mass is 10.0. The summed E-state index contributed by atoms with van der Waals surface area (Å²) in [4.78, 5) is 28.5. The van der Waals surface area contributed by atoms with Crippen LogP contribution >= 0.6 is 0 Å². The molecule has 2 aliphatic heterocycles. The van der Waals surface area contributed by atoms with Crippen LogP contribution in [-0.4, -0.2) is 59.2 Å².